The van der Waals surface area contributed by atoms with Gasteiger partial charge in [0.15, 0.2) is 5.65 Å². The summed E-state index contributed by atoms with van der Waals surface area (Å²) in [5, 5.41) is 16.7. The number of carbonyl (C=O) groups is 1. The largest absolute Gasteiger partial charge is 0.481 e. The summed E-state index contributed by atoms with van der Waals surface area (Å²) in [5.41, 5.74) is 1.69. The van der Waals surface area contributed by atoms with Crippen LogP contribution in [-0.2, 0) is 11.2 Å². The van der Waals surface area contributed by atoms with Crippen molar-refractivity contribution in [2.24, 2.45) is 0 Å². The van der Waals surface area contributed by atoms with Gasteiger partial charge in [-0.3, -0.25) is 9.20 Å². The second-order valence-corrected chi connectivity index (χ2v) is 3.98. The van der Waals surface area contributed by atoms with E-state index in [1.165, 1.54) is 0 Å². The van der Waals surface area contributed by atoms with E-state index in [1.54, 1.807) is 6.33 Å². The molecule has 2 rings (SSSR count). The summed E-state index contributed by atoms with van der Waals surface area (Å²) in [7, 11) is 0. The summed E-state index contributed by atoms with van der Waals surface area (Å²) < 4.78 is 1.84. The standard InChI is InChI=1S/C11H14N4O2/c1-8-6-10-14-13-9(15(10)7-12-8)4-2-3-5-11(16)17/h6-7H,2-5H2,1H3,(H,16,17). The van der Waals surface area contributed by atoms with Crippen LogP contribution in [0, 0.1) is 6.92 Å². The molecule has 0 atom stereocenters. The van der Waals surface area contributed by atoms with Crippen LogP contribution in [0.5, 0.6) is 0 Å². The van der Waals surface area contributed by atoms with E-state index in [0.717, 1.165) is 30.0 Å². The van der Waals surface area contributed by atoms with Gasteiger partial charge in [-0.05, 0) is 19.8 Å². The monoisotopic (exact) mass is 234 g/mol. The van der Waals surface area contributed by atoms with Crippen LogP contribution in [-0.4, -0.2) is 30.7 Å². The van der Waals surface area contributed by atoms with Crippen molar-refractivity contribution in [3.05, 3.63) is 23.9 Å². The van der Waals surface area contributed by atoms with Gasteiger partial charge in [-0.25, -0.2) is 4.98 Å². The minimum atomic E-state index is -0.756. The van der Waals surface area contributed by atoms with Gasteiger partial charge in [-0.15, -0.1) is 10.2 Å². The van der Waals surface area contributed by atoms with E-state index in [0.29, 0.717) is 6.42 Å². The molecule has 2 aromatic rings. The maximum atomic E-state index is 10.4. The van der Waals surface area contributed by atoms with Crippen molar-refractivity contribution < 1.29 is 9.90 Å². The molecule has 17 heavy (non-hydrogen) atoms. The van der Waals surface area contributed by atoms with Crippen LogP contribution < -0.4 is 0 Å². The average Bonchev–Trinajstić information content (AvgIpc) is 2.66. The number of unbranched alkanes of at least 4 members (excludes halogenated alkanes) is 1. The van der Waals surface area contributed by atoms with Crippen molar-refractivity contribution in [3.63, 3.8) is 0 Å². The van der Waals surface area contributed by atoms with Crippen LogP contribution in [0.25, 0.3) is 5.65 Å². The molecular weight excluding hydrogens is 220 g/mol. The lowest BCUT2D eigenvalue weighted by Crippen LogP contribution is -1.99. The predicted molar refractivity (Wildman–Crippen MR) is 60.7 cm³/mol. The second kappa shape index (κ2) is 4.90. The quantitative estimate of drug-likeness (QED) is 0.787. The highest BCUT2D eigenvalue weighted by Crippen LogP contribution is 2.08. The lowest BCUT2D eigenvalue weighted by atomic mass is 10.2. The van der Waals surface area contributed by atoms with Gasteiger partial charge in [0.1, 0.15) is 12.2 Å². The molecule has 0 unspecified atom stereocenters. The number of aryl methyl sites for hydroxylation is 2. The Hall–Kier alpha value is -1.98. The molecule has 0 aliphatic carbocycles. The molecular formula is C11H14N4O2. The van der Waals surface area contributed by atoms with Crippen molar-refractivity contribution in [2.75, 3.05) is 0 Å². The van der Waals surface area contributed by atoms with Crippen molar-refractivity contribution in [3.8, 4) is 0 Å². The summed E-state index contributed by atoms with van der Waals surface area (Å²) >= 11 is 0. The molecule has 0 aliphatic rings. The molecule has 0 saturated carbocycles. The van der Waals surface area contributed by atoms with E-state index >= 15 is 0 Å². The Labute approximate surface area is 98.3 Å². The molecule has 0 aromatic carbocycles. The lowest BCUT2D eigenvalue weighted by Gasteiger charge is -1.99. The Morgan fingerprint density at radius 1 is 1.41 bits per heavy atom. The van der Waals surface area contributed by atoms with Crippen molar-refractivity contribution in [1.82, 2.24) is 19.6 Å². The van der Waals surface area contributed by atoms with Gasteiger partial charge in [-0.1, -0.05) is 0 Å². The number of aliphatic carboxylic acids is 1. The highest BCUT2D eigenvalue weighted by atomic mass is 16.4. The molecule has 0 spiro atoms. The first-order chi connectivity index (χ1) is 8.16. The predicted octanol–water partition coefficient (Wildman–Crippen LogP) is 1.23. The van der Waals surface area contributed by atoms with Crippen LogP contribution >= 0.6 is 0 Å². The first-order valence-corrected chi connectivity index (χ1v) is 5.55. The second-order valence-electron chi connectivity index (χ2n) is 3.98. The van der Waals surface area contributed by atoms with Gasteiger partial charge in [-0.2, -0.15) is 0 Å². The molecule has 2 heterocycles. The fourth-order valence-corrected chi connectivity index (χ4v) is 1.66. The first-order valence-electron chi connectivity index (χ1n) is 5.55. The smallest absolute Gasteiger partial charge is 0.303 e. The maximum Gasteiger partial charge on any atom is 0.303 e. The SMILES string of the molecule is Cc1cc2nnc(CCCCC(=O)O)n2cn1. The Bertz CT molecular complexity index is 535. The minimum absolute atomic E-state index is 0.202. The third-order valence-electron chi connectivity index (χ3n) is 2.55. The van der Waals surface area contributed by atoms with Crippen molar-refractivity contribution in [2.45, 2.75) is 32.6 Å². The Balaban J connectivity index is 2.01. The maximum absolute atomic E-state index is 10.4. The molecule has 0 saturated heterocycles. The van der Waals surface area contributed by atoms with Gasteiger partial charge < -0.3 is 5.11 Å². The van der Waals surface area contributed by atoms with E-state index in [2.05, 4.69) is 15.2 Å². The molecule has 0 radical (unpaired) electrons. The summed E-state index contributed by atoms with van der Waals surface area (Å²) in [4.78, 5) is 14.6. The van der Waals surface area contributed by atoms with Gasteiger partial charge in [0, 0.05) is 24.6 Å². The number of aromatic nitrogens is 4. The Kier molecular flexibility index (Phi) is 3.32. The normalized spacial score (nSPS) is 10.9. The molecule has 2 aromatic heterocycles. The van der Waals surface area contributed by atoms with Crippen molar-refractivity contribution in [1.29, 1.82) is 0 Å². The van der Waals surface area contributed by atoms with E-state index in [4.69, 9.17) is 5.11 Å². The molecule has 90 valence electrons. The van der Waals surface area contributed by atoms with Gasteiger partial charge in [0.2, 0.25) is 0 Å². The molecule has 6 heteroatoms. The van der Waals surface area contributed by atoms with Gasteiger partial charge >= 0.3 is 5.97 Å². The van der Waals surface area contributed by atoms with E-state index < -0.39 is 5.97 Å². The third kappa shape index (κ3) is 2.77. The summed E-state index contributed by atoms with van der Waals surface area (Å²) in [6.07, 6.45) is 4.08. The molecule has 0 fully saturated rings. The van der Waals surface area contributed by atoms with Crippen LogP contribution in [0.4, 0.5) is 0 Å². The number of nitrogens with zero attached hydrogens (tertiary/aromatic N) is 4. The summed E-state index contributed by atoms with van der Waals surface area (Å²) in [6, 6.07) is 1.87. The number of carboxylic acids is 1. The molecule has 0 amide bonds. The number of rotatable bonds is 5. The average molecular weight is 234 g/mol. The highest BCUT2D eigenvalue weighted by molar-refractivity contribution is 5.66. The van der Waals surface area contributed by atoms with Crippen LogP contribution in [0.15, 0.2) is 12.4 Å². The van der Waals surface area contributed by atoms with Crippen LogP contribution in [0.3, 0.4) is 0 Å². The summed E-state index contributed by atoms with van der Waals surface area (Å²) in [6.45, 7) is 1.90. The first kappa shape index (κ1) is 11.5. The van der Waals surface area contributed by atoms with Crippen LogP contribution in [0.2, 0.25) is 0 Å². The van der Waals surface area contributed by atoms with Gasteiger partial charge in [0.05, 0.1) is 0 Å². The van der Waals surface area contributed by atoms with Crippen molar-refractivity contribution >= 4 is 11.6 Å². The zero-order valence-electron chi connectivity index (χ0n) is 9.63. The Morgan fingerprint density at radius 3 is 3.00 bits per heavy atom. The van der Waals surface area contributed by atoms with E-state index in [1.807, 2.05) is 17.4 Å². The molecule has 1 N–H and O–H groups in total. The van der Waals surface area contributed by atoms with E-state index in [9.17, 15) is 4.79 Å². The van der Waals surface area contributed by atoms with Gasteiger partial charge in [0.25, 0.3) is 0 Å². The number of hydrogen-bond donors (Lipinski definition) is 1. The zero-order chi connectivity index (χ0) is 12.3. The fraction of sp³-hybridized carbons (Fsp3) is 0.455. The molecule has 0 bridgehead atoms. The molecule has 0 aliphatic heterocycles. The summed E-state index contributed by atoms with van der Waals surface area (Å²) in [5.74, 6) is 0.0753. The third-order valence-corrected chi connectivity index (χ3v) is 2.55. The molecule has 6 nitrogen and oxygen atoms in total. The highest BCUT2D eigenvalue weighted by Gasteiger charge is 2.06. The number of carboxylic acid groups (broad SMARTS) is 1. The zero-order valence-corrected chi connectivity index (χ0v) is 9.63. The minimum Gasteiger partial charge on any atom is -0.481 e. The Morgan fingerprint density at radius 2 is 2.24 bits per heavy atom. The number of fused-ring (bicyclic) bond motifs is 1. The van der Waals surface area contributed by atoms with Crippen LogP contribution in [0.1, 0.15) is 30.8 Å². The fourth-order valence-electron chi connectivity index (χ4n) is 1.66. The lowest BCUT2D eigenvalue weighted by molar-refractivity contribution is -0.137. The van der Waals surface area contributed by atoms with E-state index in [-0.39, 0.29) is 6.42 Å². The topological polar surface area (TPSA) is 80.4 Å². The number of hydrogen-bond acceptors (Lipinski definition) is 4.